The van der Waals surface area contributed by atoms with E-state index in [0.717, 1.165) is 31.0 Å². The first-order valence-corrected chi connectivity index (χ1v) is 9.87. The first-order chi connectivity index (χ1) is 12.1. The topological polar surface area (TPSA) is 53.3 Å². The third kappa shape index (κ3) is 5.56. The van der Waals surface area contributed by atoms with E-state index in [1.54, 1.807) is 11.3 Å². The molecule has 1 amide bonds. The second-order valence-corrected chi connectivity index (χ2v) is 9.08. The molecule has 0 aromatic carbocycles. The van der Waals surface area contributed by atoms with Crippen LogP contribution in [0.3, 0.4) is 0 Å². The molecule has 148 valence electrons. The standard InChI is InChI=1S/C18H33N5O2S/c1-18(2,3)25-17(24)23-10-8-22(9-11-23)12-14-15(13-20(5)6)26-16(19-4)21(14)7/h8-13H2,1-7H3. The van der Waals surface area contributed by atoms with Crippen molar-refractivity contribution in [3.8, 4) is 0 Å². The van der Waals surface area contributed by atoms with Crippen LogP contribution in [0.5, 0.6) is 0 Å². The van der Waals surface area contributed by atoms with E-state index in [1.165, 1.54) is 10.6 Å². The summed E-state index contributed by atoms with van der Waals surface area (Å²) in [4.78, 5) is 25.4. The van der Waals surface area contributed by atoms with Crippen LogP contribution in [-0.2, 0) is 24.9 Å². The minimum absolute atomic E-state index is 0.210. The van der Waals surface area contributed by atoms with Gasteiger partial charge in [-0.05, 0) is 34.9 Å². The quantitative estimate of drug-likeness (QED) is 0.795. The molecule has 1 aliphatic heterocycles. The summed E-state index contributed by atoms with van der Waals surface area (Å²) in [7, 11) is 8.11. The third-order valence-electron chi connectivity index (χ3n) is 4.28. The number of piperazine rings is 1. The summed E-state index contributed by atoms with van der Waals surface area (Å²) in [6, 6.07) is 0. The van der Waals surface area contributed by atoms with E-state index in [4.69, 9.17) is 4.74 Å². The highest BCUT2D eigenvalue weighted by molar-refractivity contribution is 7.09. The second kappa shape index (κ2) is 8.54. The molecule has 7 nitrogen and oxygen atoms in total. The zero-order valence-electron chi connectivity index (χ0n) is 17.2. The van der Waals surface area contributed by atoms with Crippen LogP contribution in [0.25, 0.3) is 0 Å². The Kier molecular flexibility index (Phi) is 6.87. The zero-order chi connectivity index (χ0) is 19.5. The van der Waals surface area contributed by atoms with E-state index in [0.29, 0.717) is 13.1 Å². The molecular weight excluding hydrogens is 350 g/mol. The molecule has 8 heteroatoms. The van der Waals surface area contributed by atoms with Crippen molar-refractivity contribution < 1.29 is 9.53 Å². The molecule has 2 heterocycles. The maximum atomic E-state index is 12.2. The van der Waals surface area contributed by atoms with E-state index in [9.17, 15) is 4.79 Å². The lowest BCUT2D eigenvalue weighted by molar-refractivity contribution is 0.0137. The number of hydrogen-bond donors (Lipinski definition) is 0. The molecule has 0 bridgehead atoms. The molecule has 0 N–H and O–H groups in total. The van der Waals surface area contributed by atoms with E-state index in [1.807, 2.05) is 32.7 Å². The van der Waals surface area contributed by atoms with Crippen molar-refractivity contribution in [3.05, 3.63) is 15.4 Å². The van der Waals surface area contributed by atoms with Crippen LogP contribution in [0, 0.1) is 0 Å². The average Bonchev–Trinajstić information content (AvgIpc) is 2.82. The molecule has 0 saturated carbocycles. The summed E-state index contributed by atoms with van der Waals surface area (Å²) >= 11 is 1.76. The molecule has 1 aliphatic rings. The molecule has 1 saturated heterocycles. The molecule has 1 aromatic heterocycles. The smallest absolute Gasteiger partial charge is 0.410 e. The number of carbonyl (C=O) groups is 1. The molecule has 0 atom stereocenters. The highest BCUT2D eigenvalue weighted by atomic mass is 32.1. The molecule has 0 spiro atoms. The van der Waals surface area contributed by atoms with Gasteiger partial charge in [0.1, 0.15) is 5.60 Å². The maximum Gasteiger partial charge on any atom is 0.410 e. The Bertz CT molecular complexity index is 679. The minimum atomic E-state index is -0.445. The van der Waals surface area contributed by atoms with Gasteiger partial charge in [-0.2, -0.15) is 0 Å². The lowest BCUT2D eigenvalue weighted by Crippen LogP contribution is -2.49. The Hall–Kier alpha value is -1.38. The fourth-order valence-electron chi connectivity index (χ4n) is 2.97. The summed E-state index contributed by atoms with van der Waals surface area (Å²) in [5.41, 5.74) is 0.870. The van der Waals surface area contributed by atoms with Crippen molar-refractivity contribution in [1.29, 1.82) is 0 Å². The molecule has 1 fully saturated rings. The van der Waals surface area contributed by atoms with Crippen molar-refractivity contribution in [2.45, 2.75) is 39.5 Å². The lowest BCUT2D eigenvalue weighted by Gasteiger charge is -2.35. The third-order valence-corrected chi connectivity index (χ3v) is 5.53. The summed E-state index contributed by atoms with van der Waals surface area (Å²) in [5, 5.41) is 0. The predicted octanol–water partition coefficient (Wildman–Crippen LogP) is 1.73. The van der Waals surface area contributed by atoms with E-state index in [-0.39, 0.29) is 6.09 Å². The van der Waals surface area contributed by atoms with E-state index < -0.39 is 5.60 Å². The van der Waals surface area contributed by atoms with E-state index >= 15 is 0 Å². The molecule has 2 rings (SSSR count). The van der Waals surface area contributed by atoms with Crippen LogP contribution in [0.15, 0.2) is 4.99 Å². The number of nitrogens with zero attached hydrogens (tertiary/aromatic N) is 5. The normalized spacial score (nSPS) is 17.2. The van der Waals surface area contributed by atoms with Crippen LogP contribution < -0.4 is 4.80 Å². The number of hydrogen-bond acceptors (Lipinski definition) is 6. The Morgan fingerprint density at radius 1 is 1.23 bits per heavy atom. The van der Waals surface area contributed by atoms with Crippen LogP contribution in [0.4, 0.5) is 4.79 Å². The fraction of sp³-hybridized carbons (Fsp3) is 0.778. The number of rotatable bonds is 4. The van der Waals surface area contributed by atoms with Crippen molar-refractivity contribution in [2.75, 3.05) is 47.3 Å². The van der Waals surface area contributed by atoms with E-state index in [2.05, 4.69) is 40.5 Å². The summed E-state index contributed by atoms with van der Waals surface area (Å²) in [6.45, 7) is 10.6. The van der Waals surface area contributed by atoms with Gasteiger partial charge in [0.25, 0.3) is 0 Å². The molecule has 0 aliphatic carbocycles. The first-order valence-electron chi connectivity index (χ1n) is 9.06. The highest BCUT2D eigenvalue weighted by Crippen LogP contribution is 2.18. The molecule has 1 aromatic rings. The average molecular weight is 384 g/mol. The zero-order valence-corrected chi connectivity index (χ0v) is 18.0. The van der Waals surface area contributed by atoms with Crippen LogP contribution in [-0.4, -0.2) is 78.3 Å². The van der Waals surface area contributed by atoms with Crippen molar-refractivity contribution >= 4 is 17.4 Å². The van der Waals surface area contributed by atoms with Crippen LogP contribution >= 0.6 is 11.3 Å². The van der Waals surface area contributed by atoms with Crippen LogP contribution in [0.2, 0.25) is 0 Å². The van der Waals surface area contributed by atoms with Crippen molar-refractivity contribution in [2.24, 2.45) is 12.0 Å². The van der Waals surface area contributed by atoms with Gasteiger partial charge in [0.05, 0.1) is 0 Å². The Morgan fingerprint density at radius 3 is 2.35 bits per heavy atom. The summed E-state index contributed by atoms with van der Waals surface area (Å²) < 4.78 is 7.68. The van der Waals surface area contributed by atoms with Crippen molar-refractivity contribution in [3.63, 3.8) is 0 Å². The monoisotopic (exact) mass is 383 g/mol. The molecular formula is C18H33N5O2S. The van der Waals surface area contributed by atoms with Gasteiger partial charge in [0.15, 0.2) is 4.80 Å². The number of thiazole rings is 1. The number of carbonyl (C=O) groups excluding carboxylic acids is 1. The fourth-order valence-corrected chi connectivity index (χ4v) is 4.17. The summed E-state index contributed by atoms with van der Waals surface area (Å²) in [6.07, 6.45) is -0.210. The number of amides is 1. The minimum Gasteiger partial charge on any atom is -0.444 e. The van der Waals surface area contributed by atoms with Gasteiger partial charge in [0.2, 0.25) is 0 Å². The maximum absolute atomic E-state index is 12.2. The molecule has 0 unspecified atom stereocenters. The SMILES string of the molecule is CN=c1sc(CN(C)C)c(CN2CCN(C(=O)OC(C)(C)C)CC2)n1C. The van der Waals surface area contributed by atoms with Gasteiger partial charge >= 0.3 is 6.09 Å². The molecule has 0 radical (unpaired) electrons. The van der Waals surface area contributed by atoms with Gasteiger partial charge in [0, 0.05) is 63.9 Å². The van der Waals surface area contributed by atoms with Gasteiger partial charge in [-0.25, -0.2) is 4.79 Å². The summed E-state index contributed by atoms with van der Waals surface area (Å²) in [5.74, 6) is 0. The molecule has 26 heavy (non-hydrogen) atoms. The lowest BCUT2D eigenvalue weighted by atomic mass is 10.2. The van der Waals surface area contributed by atoms with Gasteiger partial charge in [-0.3, -0.25) is 9.89 Å². The highest BCUT2D eigenvalue weighted by Gasteiger charge is 2.26. The largest absolute Gasteiger partial charge is 0.444 e. The first kappa shape index (κ1) is 20.9. The second-order valence-electron chi connectivity index (χ2n) is 8.02. The Morgan fingerprint density at radius 2 is 1.85 bits per heavy atom. The van der Waals surface area contributed by atoms with Crippen molar-refractivity contribution in [1.82, 2.24) is 19.3 Å². The van der Waals surface area contributed by atoms with Gasteiger partial charge in [-0.1, -0.05) is 0 Å². The van der Waals surface area contributed by atoms with Gasteiger partial charge in [-0.15, -0.1) is 11.3 Å². The van der Waals surface area contributed by atoms with Gasteiger partial charge < -0.3 is 19.1 Å². The Labute approximate surface area is 160 Å². The number of ether oxygens (including phenoxy) is 1. The predicted molar refractivity (Wildman–Crippen MR) is 105 cm³/mol. The van der Waals surface area contributed by atoms with Crippen LogP contribution in [0.1, 0.15) is 31.3 Å². The number of aromatic nitrogens is 1. The Balaban J connectivity index is 2.01.